The van der Waals surface area contributed by atoms with E-state index in [1.54, 1.807) is 23.6 Å². The van der Waals surface area contributed by atoms with Gasteiger partial charge >= 0.3 is 0 Å². The van der Waals surface area contributed by atoms with Crippen LogP contribution in [0.15, 0.2) is 40.1 Å². The van der Waals surface area contributed by atoms with Gasteiger partial charge in [0, 0.05) is 19.3 Å². The molecule has 0 aliphatic carbocycles. The van der Waals surface area contributed by atoms with Crippen molar-refractivity contribution >= 4 is 28.9 Å². The normalized spacial score (nSPS) is 11.4. The molecule has 0 aromatic carbocycles. The van der Waals surface area contributed by atoms with Crippen LogP contribution < -0.4 is 10.6 Å². The minimum atomic E-state index is 0.506. The van der Waals surface area contributed by atoms with E-state index in [4.69, 9.17) is 11.6 Å². The first kappa shape index (κ1) is 14.8. The topological polar surface area (TPSA) is 49.3 Å². The molecule has 0 saturated heterocycles. The van der Waals surface area contributed by atoms with Gasteiger partial charge in [-0.15, -0.1) is 0 Å². The van der Waals surface area contributed by atoms with Gasteiger partial charge in [0.05, 0.1) is 6.54 Å². The smallest absolute Gasteiger partial charge is 0.191 e. The number of guanidine groups is 1. The fourth-order valence-electron chi connectivity index (χ4n) is 1.59. The number of nitrogens with zero attached hydrogens (tertiary/aromatic N) is 2. The molecule has 0 atom stereocenters. The van der Waals surface area contributed by atoms with E-state index in [-0.39, 0.29) is 0 Å². The monoisotopic (exact) mass is 308 g/mol. The lowest BCUT2D eigenvalue weighted by molar-refractivity contribution is 0.814. The summed E-state index contributed by atoms with van der Waals surface area (Å²) in [5.74, 6) is 0.800. The summed E-state index contributed by atoms with van der Waals surface area (Å²) in [7, 11) is 0. The Bertz CT molecular complexity index is 537. The van der Waals surface area contributed by atoms with Crippen molar-refractivity contribution in [2.24, 2.45) is 4.99 Å². The number of pyridine rings is 1. The molecule has 0 aliphatic rings. The molecule has 2 rings (SSSR count). The van der Waals surface area contributed by atoms with Crippen LogP contribution in [0.4, 0.5) is 0 Å². The third-order valence-corrected chi connectivity index (χ3v) is 3.55. The maximum Gasteiger partial charge on any atom is 0.191 e. The minimum Gasteiger partial charge on any atom is -0.357 e. The van der Waals surface area contributed by atoms with Gasteiger partial charge < -0.3 is 10.6 Å². The predicted molar refractivity (Wildman–Crippen MR) is 85.2 cm³/mol. The van der Waals surface area contributed by atoms with Crippen LogP contribution in [-0.2, 0) is 13.1 Å². The van der Waals surface area contributed by atoms with Gasteiger partial charge in [0.2, 0.25) is 0 Å². The number of aliphatic imine (C=N–C) groups is 1. The maximum atomic E-state index is 5.76. The van der Waals surface area contributed by atoms with Crippen LogP contribution in [0.3, 0.4) is 0 Å². The van der Waals surface area contributed by atoms with E-state index in [1.165, 1.54) is 5.56 Å². The van der Waals surface area contributed by atoms with Gasteiger partial charge in [-0.2, -0.15) is 11.3 Å². The zero-order valence-corrected chi connectivity index (χ0v) is 12.8. The molecule has 0 fully saturated rings. The van der Waals surface area contributed by atoms with Crippen LogP contribution >= 0.6 is 22.9 Å². The highest BCUT2D eigenvalue weighted by molar-refractivity contribution is 7.07. The first-order chi connectivity index (χ1) is 9.78. The van der Waals surface area contributed by atoms with E-state index >= 15 is 0 Å². The maximum absolute atomic E-state index is 5.76. The second kappa shape index (κ2) is 7.87. The molecule has 0 unspecified atom stereocenters. The summed E-state index contributed by atoms with van der Waals surface area (Å²) in [6.07, 6.45) is 1.76. The van der Waals surface area contributed by atoms with Crippen LogP contribution in [0.5, 0.6) is 0 Å². The van der Waals surface area contributed by atoms with Crippen LogP contribution in [0.25, 0.3) is 0 Å². The van der Waals surface area contributed by atoms with Gasteiger partial charge in [-0.1, -0.05) is 17.7 Å². The highest BCUT2D eigenvalue weighted by Crippen LogP contribution is 2.07. The number of thiophene rings is 1. The van der Waals surface area contributed by atoms with Gasteiger partial charge in [-0.25, -0.2) is 9.98 Å². The van der Waals surface area contributed by atoms with E-state index in [0.717, 1.165) is 18.1 Å². The zero-order valence-electron chi connectivity index (χ0n) is 11.3. The molecule has 4 nitrogen and oxygen atoms in total. The molecule has 0 spiro atoms. The molecule has 0 aliphatic heterocycles. The van der Waals surface area contributed by atoms with Crippen molar-refractivity contribution in [3.05, 3.63) is 51.4 Å². The zero-order chi connectivity index (χ0) is 14.2. The fraction of sp³-hybridized carbons (Fsp3) is 0.286. The van der Waals surface area contributed by atoms with Gasteiger partial charge in [-0.3, -0.25) is 0 Å². The SMILES string of the molecule is CCNC(=NCc1ccsc1)NCc1ccc(Cl)nc1. The number of hydrogen-bond donors (Lipinski definition) is 2. The highest BCUT2D eigenvalue weighted by Gasteiger charge is 1.99. The van der Waals surface area contributed by atoms with Crippen molar-refractivity contribution in [3.8, 4) is 0 Å². The standard InChI is InChI=1S/C14H17ClN4S/c1-2-16-14(19-9-12-5-6-20-10-12)18-8-11-3-4-13(15)17-7-11/h3-7,10H,2,8-9H2,1H3,(H2,16,18,19). The van der Waals surface area contributed by atoms with Crippen LogP contribution in [-0.4, -0.2) is 17.5 Å². The van der Waals surface area contributed by atoms with Crippen molar-refractivity contribution in [2.75, 3.05) is 6.54 Å². The molecule has 2 aromatic rings. The van der Waals surface area contributed by atoms with Gasteiger partial charge in [0.15, 0.2) is 5.96 Å². The number of halogens is 1. The third kappa shape index (κ3) is 4.83. The van der Waals surface area contributed by atoms with Crippen LogP contribution in [0.1, 0.15) is 18.1 Å². The Hall–Kier alpha value is -1.59. The van der Waals surface area contributed by atoms with Crippen molar-refractivity contribution in [1.29, 1.82) is 0 Å². The highest BCUT2D eigenvalue weighted by atomic mass is 35.5. The molecule has 0 bridgehead atoms. The van der Waals surface area contributed by atoms with Gasteiger partial charge in [0.1, 0.15) is 5.15 Å². The van der Waals surface area contributed by atoms with Gasteiger partial charge in [0.25, 0.3) is 0 Å². The van der Waals surface area contributed by atoms with Crippen molar-refractivity contribution < 1.29 is 0 Å². The Morgan fingerprint density at radius 1 is 1.30 bits per heavy atom. The molecule has 2 heterocycles. The summed E-state index contributed by atoms with van der Waals surface area (Å²) >= 11 is 7.45. The fourth-order valence-corrected chi connectivity index (χ4v) is 2.36. The Kier molecular flexibility index (Phi) is 5.83. The molecule has 0 saturated carbocycles. The van der Waals surface area contributed by atoms with E-state index in [1.807, 2.05) is 13.0 Å². The summed E-state index contributed by atoms with van der Waals surface area (Å²) in [5, 5.41) is 11.2. The second-order valence-corrected chi connectivity index (χ2v) is 5.34. The molecule has 0 radical (unpaired) electrons. The summed E-state index contributed by atoms with van der Waals surface area (Å²) in [6.45, 7) is 4.22. The summed E-state index contributed by atoms with van der Waals surface area (Å²) in [4.78, 5) is 8.60. The Labute approximate surface area is 127 Å². The number of aromatic nitrogens is 1. The van der Waals surface area contributed by atoms with E-state index < -0.39 is 0 Å². The lowest BCUT2D eigenvalue weighted by Gasteiger charge is -2.11. The molecule has 20 heavy (non-hydrogen) atoms. The first-order valence-corrected chi connectivity index (χ1v) is 7.73. The summed E-state index contributed by atoms with van der Waals surface area (Å²) in [5.41, 5.74) is 2.29. The quantitative estimate of drug-likeness (QED) is 0.507. The molecule has 2 N–H and O–H groups in total. The predicted octanol–water partition coefficient (Wildman–Crippen LogP) is 3.05. The molecular weight excluding hydrogens is 292 g/mol. The van der Waals surface area contributed by atoms with Crippen molar-refractivity contribution in [2.45, 2.75) is 20.0 Å². The van der Waals surface area contributed by atoms with Crippen molar-refractivity contribution in [3.63, 3.8) is 0 Å². The number of nitrogens with one attached hydrogen (secondary N) is 2. The first-order valence-electron chi connectivity index (χ1n) is 6.41. The average Bonchev–Trinajstić information content (AvgIpc) is 2.97. The number of hydrogen-bond acceptors (Lipinski definition) is 3. The Morgan fingerprint density at radius 2 is 2.20 bits per heavy atom. The lowest BCUT2D eigenvalue weighted by Crippen LogP contribution is -2.36. The molecular formula is C14H17ClN4S. The van der Waals surface area contributed by atoms with E-state index in [0.29, 0.717) is 18.2 Å². The summed E-state index contributed by atoms with van der Waals surface area (Å²) in [6, 6.07) is 5.82. The van der Waals surface area contributed by atoms with Crippen LogP contribution in [0, 0.1) is 0 Å². The minimum absolute atomic E-state index is 0.506. The van der Waals surface area contributed by atoms with E-state index in [9.17, 15) is 0 Å². The van der Waals surface area contributed by atoms with Crippen molar-refractivity contribution in [1.82, 2.24) is 15.6 Å². The molecule has 6 heteroatoms. The number of rotatable bonds is 5. The largest absolute Gasteiger partial charge is 0.357 e. The Balaban J connectivity index is 1.91. The Morgan fingerprint density at radius 3 is 2.85 bits per heavy atom. The second-order valence-electron chi connectivity index (χ2n) is 4.17. The molecule has 0 amide bonds. The van der Waals surface area contributed by atoms with Crippen LogP contribution in [0.2, 0.25) is 5.15 Å². The molecule has 2 aromatic heterocycles. The van der Waals surface area contributed by atoms with E-state index in [2.05, 4.69) is 37.4 Å². The van der Waals surface area contributed by atoms with Gasteiger partial charge in [-0.05, 0) is 40.9 Å². The third-order valence-electron chi connectivity index (χ3n) is 2.59. The summed E-state index contributed by atoms with van der Waals surface area (Å²) < 4.78 is 0. The average molecular weight is 309 g/mol. The lowest BCUT2D eigenvalue weighted by atomic mass is 10.3. The molecule has 106 valence electrons.